The molecule has 4 nitrogen and oxygen atoms in total. The molecule has 94 valence electrons. The number of morpholine rings is 1. The maximum atomic E-state index is 13.6. The number of benzene rings is 1. The van der Waals surface area contributed by atoms with Crippen LogP contribution in [-0.4, -0.2) is 39.0 Å². The summed E-state index contributed by atoms with van der Waals surface area (Å²) in [5.74, 6) is -0.830. The summed E-state index contributed by atoms with van der Waals surface area (Å²) in [4.78, 5) is -0.344. The van der Waals surface area contributed by atoms with Gasteiger partial charge in [-0.15, -0.1) is 0 Å². The van der Waals surface area contributed by atoms with Crippen LogP contribution >= 0.6 is 11.6 Å². The van der Waals surface area contributed by atoms with Gasteiger partial charge in [0.1, 0.15) is 10.7 Å². The molecule has 1 fully saturated rings. The van der Waals surface area contributed by atoms with Gasteiger partial charge >= 0.3 is 0 Å². The summed E-state index contributed by atoms with van der Waals surface area (Å²) in [6.45, 7) is 1.14. The number of hydrogen-bond acceptors (Lipinski definition) is 3. The van der Waals surface area contributed by atoms with Crippen LogP contribution in [0.5, 0.6) is 0 Å². The first-order chi connectivity index (χ1) is 8.01. The van der Waals surface area contributed by atoms with Crippen molar-refractivity contribution in [3.05, 3.63) is 29.0 Å². The normalized spacial score (nSPS) is 18.2. The van der Waals surface area contributed by atoms with Crippen LogP contribution < -0.4 is 0 Å². The van der Waals surface area contributed by atoms with Crippen LogP contribution in [0.3, 0.4) is 0 Å². The molecule has 7 heteroatoms. The lowest BCUT2D eigenvalue weighted by Crippen LogP contribution is -2.40. The molecule has 0 amide bonds. The highest BCUT2D eigenvalue weighted by Crippen LogP contribution is 2.22. The van der Waals surface area contributed by atoms with E-state index in [2.05, 4.69) is 0 Å². The van der Waals surface area contributed by atoms with Crippen molar-refractivity contribution >= 4 is 21.6 Å². The lowest BCUT2D eigenvalue weighted by molar-refractivity contribution is 0.0729. The second-order valence-electron chi connectivity index (χ2n) is 3.59. The van der Waals surface area contributed by atoms with E-state index in [4.69, 9.17) is 16.3 Å². The van der Waals surface area contributed by atoms with E-state index >= 15 is 0 Å². The van der Waals surface area contributed by atoms with Crippen molar-refractivity contribution < 1.29 is 17.5 Å². The summed E-state index contributed by atoms with van der Waals surface area (Å²) in [7, 11) is -3.79. The van der Waals surface area contributed by atoms with Crippen molar-refractivity contribution in [1.29, 1.82) is 0 Å². The molecule has 1 aliphatic heterocycles. The van der Waals surface area contributed by atoms with Gasteiger partial charge in [0.15, 0.2) is 0 Å². The lowest BCUT2D eigenvalue weighted by Gasteiger charge is -2.26. The average Bonchev–Trinajstić information content (AvgIpc) is 2.29. The van der Waals surface area contributed by atoms with Gasteiger partial charge in [0.25, 0.3) is 0 Å². The van der Waals surface area contributed by atoms with Gasteiger partial charge in [-0.3, -0.25) is 0 Å². The second kappa shape index (κ2) is 4.89. The fourth-order valence-corrected chi connectivity index (χ4v) is 3.22. The van der Waals surface area contributed by atoms with Gasteiger partial charge in [-0.25, -0.2) is 12.8 Å². The first-order valence-corrected chi connectivity index (χ1v) is 6.86. The molecule has 1 aromatic carbocycles. The maximum Gasteiger partial charge on any atom is 0.246 e. The fourth-order valence-electron chi connectivity index (χ4n) is 1.61. The molecule has 0 atom stereocenters. The first kappa shape index (κ1) is 12.8. The van der Waals surface area contributed by atoms with E-state index in [0.717, 1.165) is 6.07 Å². The molecule has 0 bridgehead atoms. The summed E-state index contributed by atoms with van der Waals surface area (Å²) >= 11 is 5.58. The third-order valence-corrected chi connectivity index (χ3v) is 4.65. The van der Waals surface area contributed by atoms with E-state index in [-0.39, 0.29) is 23.0 Å². The summed E-state index contributed by atoms with van der Waals surface area (Å²) in [5, 5.41) is 0.170. The summed E-state index contributed by atoms with van der Waals surface area (Å²) < 4.78 is 44.1. The molecule has 0 N–H and O–H groups in total. The maximum absolute atomic E-state index is 13.6. The summed E-state index contributed by atoms with van der Waals surface area (Å²) in [5.41, 5.74) is 0. The van der Waals surface area contributed by atoms with E-state index in [0.29, 0.717) is 13.2 Å². The van der Waals surface area contributed by atoms with Gasteiger partial charge in [0.2, 0.25) is 10.0 Å². The number of nitrogens with zero attached hydrogens (tertiary/aromatic N) is 1. The highest BCUT2D eigenvalue weighted by atomic mass is 35.5. The molecule has 2 rings (SSSR count). The number of halogens is 2. The van der Waals surface area contributed by atoms with Gasteiger partial charge in [0, 0.05) is 18.1 Å². The third kappa shape index (κ3) is 2.60. The molecule has 17 heavy (non-hydrogen) atoms. The Labute approximate surface area is 104 Å². The molecule has 0 unspecified atom stereocenters. The predicted molar refractivity (Wildman–Crippen MR) is 61.0 cm³/mol. The van der Waals surface area contributed by atoms with Gasteiger partial charge < -0.3 is 4.74 Å². The number of sulfonamides is 1. The first-order valence-electron chi connectivity index (χ1n) is 5.05. The Morgan fingerprint density at radius 1 is 1.29 bits per heavy atom. The predicted octanol–water partition coefficient (Wildman–Crippen LogP) is 1.50. The molecule has 1 aliphatic rings. The topological polar surface area (TPSA) is 46.6 Å². The van der Waals surface area contributed by atoms with E-state index in [1.165, 1.54) is 16.4 Å². The van der Waals surface area contributed by atoms with Crippen molar-refractivity contribution in [2.24, 2.45) is 0 Å². The third-order valence-electron chi connectivity index (χ3n) is 2.48. The van der Waals surface area contributed by atoms with E-state index in [9.17, 15) is 12.8 Å². The standard InChI is InChI=1S/C10H11ClFNO3S/c11-8-1-2-10(9(12)7-8)17(14,15)13-3-5-16-6-4-13/h1-2,7H,3-6H2. The Morgan fingerprint density at radius 3 is 2.53 bits per heavy atom. The zero-order valence-corrected chi connectivity index (χ0v) is 10.5. The zero-order valence-electron chi connectivity index (χ0n) is 8.90. The second-order valence-corrected chi connectivity index (χ2v) is 5.93. The van der Waals surface area contributed by atoms with Gasteiger partial charge in [-0.05, 0) is 18.2 Å². The smallest absolute Gasteiger partial charge is 0.246 e. The van der Waals surface area contributed by atoms with Crippen molar-refractivity contribution in [2.45, 2.75) is 4.90 Å². The molecule has 0 spiro atoms. The largest absolute Gasteiger partial charge is 0.379 e. The Hall–Kier alpha value is -0.690. The Balaban J connectivity index is 2.37. The van der Waals surface area contributed by atoms with Crippen molar-refractivity contribution in [1.82, 2.24) is 4.31 Å². The van der Waals surface area contributed by atoms with E-state index in [1.807, 2.05) is 0 Å². The van der Waals surface area contributed by atoms with Crippen molar-refractivity contribution in [2.75, 3.05) is 26.3 Å². The molecule has 0 saturated carbocycles. The molecular formula is C10H11ClFNO3S. The zero-order chi connectivity index (χ0) is 12.5. The minimum Gasteiger partial charge on any atom is -0.379 e. The quantitative estimate of drug-likeness (QED) is 0.824. The minimum atomic E-state index is -3.79. The molecule has 1 heterocycles. The van der Waals surface area contributed by atoms with Crippen LogP contribution in [0.4, 0.5) is 4.39 Å². The van der Waals surface area contributed by atoms with E-state index < -0.39 is 15.8 Å². The van der Waals surface area contributed by atoms with E-state index in [1.54, 1.807) is 0 Å². The average molecular weight is 280 g/mol. The van der Waals surface area contributed by atoms with Crippen LogP contribution in [0.15, 0.2) is 23.1 Å². The monoisotopic (exact) mass is 279 g/mol. The molecule has 0 aromatic heterocycles. The SMILES string of the molecule is O=S(=O)(c1ccc(Cl)cc1F)N1CCOCC1. The fraction of sp³-hybridized carbons (Fsp3) is 0.400. The molecule has 1 saturated heterocycles. The van der Waals surface area contributed by atoms with Gasteiger partial charge in [0.05, 0.1) is 13.2 Å². The van der Waals surface area contributed by atoms with Gasteiger partial charge in [-0.1, -0.05) is 11.6 Å². The number of hydrogen-bond donors (Lipinski definition) is 0. The van der Waals surface area contributed by atoms with Crippen LogP contribution in [0.1, 0.15) is 0 Å². The highest BCUT2D eigenvalue weighted by Gasteiger charge is 2.28. The van der Waals surface area contributed by atoms with Crippen molar-refractivity contribution in [3.63, 3.8) is 0 Å². The Morgan fingerprint density at radius 2 is 1.94 bits per heavy atom. The van der Waals surface area contributed by atoms with Crippen LogP contribution in [0.2, 0.25) is 5.02 Å². The molecular weight excluding hydrogens is 269 g/mol. The molecule has 0 radical (unpaired) electrons. The van der Waals surface area contributed by atoms with Crippen LogP contribution in [0.25, 0.3) is 0 Å². The Bertz CT molecular complexity index is 514. The summed E-state index contributed by atoms with van der Waals surface area (Å²) in [6.07, 6.45) is 0. The van der Waals surface area contributed by atoms with Crippen LogP contribution in [0, 0.1) is 5.82 Å². The lowest BCUT2D eigenvalue weighted by atomic mass is 10.3. The Kier molecular flexibility index (Phi) is 3.67. The number of rotatable bonds is 2. The number of ether oxygens (including phenoxy) is 1. The molecule has 1 aromatic rings. The van der Waals surface area contributed by atoms with Gasteiger partial charge in [-0.2, -0.15) is 4.31 Å². The molecule has 0 aliphatic carbocycles. The van der Waals surface area contributed by atoms with Crippen LogP contribution in [-0.2, 0) is 14.8 Å². The van der Waals surface area contributed by atoms with Crippen molar-refractivity contribution in [3.8, 4) is 0 Å². The highest BCUT2D eigenvalue weighted by molar-refractivity contribution is 7.89. The minimum absolute atomic E-state index is 0.170. The summed E-state index contributed by atoms with van der Waals surface area (Å²) in [6, 6.07) is 3.54.